The molecule has 1 aromatic rings. The molecule has 0 saturated heterocycles. The Morgan fingerprint density at radius 1 is 1.43 bits per heavy atom. The van der Waals surface area contributed by atoms with E-state index in [1.165, 1.54) is 18.3 Å². The number of nitrogens with zero attached hydrogens (tertiary/aromatic N) is 1. The van der Waals surface area contributed by atoms with Gasteiger partial charge in [-0.3, -0.25) is 5.41 Å². The number of hydrazone groups is 1. The summed E-state index contributed by atoms with van der Waals surface area (Å²) in [7, 11) is 0. The van der Waals surface area contributed by atoms with Crippen LogP contribution in [-0.4, -0.2) is 12.2 Å². The molecule has 4 N–H and O–H groups in total. The molecule has 0 aliphatic rings. The van der Waals surface area contributed by atoms with Crippen molar-refractivity contribution in [3.05, 3.63) is 35.6 Å². The summed E-state index contributed by atoms with van der Waals surface area (Å²) in [4.78, 5) is 0. The van der Waals surface area contributed by atoms with Gasteiger partial charge >= 0.3 is 0 Å². The second-order valence-corrected chi connectivity index (χ2v) is 2.34. The smallest absolute Gasteiger partial charge is 0.206 e. The molecule has 0 unspecified atom stereocenters. The second-order valence-electron chi connectivity index (χ2n) is 2.34. The highest BCUT2D eigenvalue weighted by molar-refractivity contribution is 5.85. The van der Waals surface area contributed by atoms with Gasteiger partial charge < -0.3 is 5.73 Å². The van der Waals surface area contributed by atoms with Crippen LogP contribution in [0.3, 0.4) is 0 Å². The molecule has 0 aliphatic carbocycles. The Bertz CT molecular complexity index is 323. The van der Waals surface area contributed by atoms with Crippen LogP contribution in [0, 0.1) is 11.2 Å². The fourth-order valence-corrected chi connectivity index (χ4v) is 0.725. The molecule has 0 spiro atoms. The van der Waals surface area contributed by atoms with Crippen LogP contribution < -0.4 is 11.2 Å². The molecule has 0 fully saturated rings. The molecule has 4 nitrogen and oxygen atoms in total. The zero-order valence-electron chi connectivity index (χ0n) is 7.20. The van der Waals surface area contributed by atoms with Gasteiger partial charge in [0.2, 0.25) is 5.96 Å². The Morgan fingerprint density at radius 2 is 2.00 bits per heavy atom. The number of benzene rings is 1. The van der Waals surface area contributed by atoms with Gasteiger partial charge in [-0.2, -0.15) is 5.10 Å². The van der Waals surface area contributed by atoms with Crippen LogP contribution in [0.15, 0.2) is 29.4 Å². The maximum Gasteiger partial charge on any atom is 0.206 e. The number of rotatable bonds is 2. The van der Waals surface area contributed by atoms with Crippen LogP contribution in [-0.2, 0) is 0 Å². The van der Waals surface area contributed by atoms with Crippen LogP contribution in [0.1, 0.15) is 5.56 Å². The Balaban J connectivity index is 0.00000169. The first kappa shape index (κ1) is 12.4. The van der Waals surface area contributed by atoms with E-state index >= 15 is 0 Å². The maximum atomic E-state index is 12.4. The lowest BCUT2D eigenvalue weighted by Crippen LogP contribution is -2.25. The highest BCUT2D eigenvalue weighted by atomic mass is 35.5. The van der Waals surface area contributed by atoms with E-state index in [2.05, 4.69) is 10.5 Å². The quantitative estimate of drug-likeness (QED) is 0.393. The van der Waals surface area contributed by atoms with E-state index in [0.29, 0.717) is 0 Å². The third kappa shape index (κ3) is 4.42. The van der Waals surface area contributed by atoms with E-state index in [1.807, 2.05) is 0 Å². The number of guanidine groups is 1. The largest absolute Gasteiger partial charge is 0.369 e. The lowest BCUT2D eigenvalue weighted by molar-refractivity contribution is 0.628. The first-order valence-corrected chi connectivity index (χ1v) is 3.57. The molecule has 0 bridgehead atoms. The highest BCUT2D eigenvalue weighted by Crippen LogP contribution is 1.99. The first-order valence-electron chi connectivity index (χ1n) is 3.57. The van der Waals surface area contributed by atoms with E-state index in [1.54, 1.807) is 12.1 Å². The predicted molar refractivity (Wildman–Crippen MR) is 56.3 cm³/mol. The summed E-state index contributed by atoms with van der Waals surface area (Å²) >= 11 is 0. The molecule has 0 atom stereocenters. The summed E-state index contributed by atoms with van der Waals surface area (Å²) in [5.41, 5.74) is 7.96. The Kier molecular flexibility index (Phi) is 5.24. The minimum atomic E-state index is -0.295. The second kappa shape index (κ2) is 5.93. The summed E-state index contributed by atoms with van der Waals surface area (Å²) in [5, 5.41) is 10.4. The van der Waals surface area contributed by atoms with Crippen molar-refractivity contribution in [3.8, 4) is 0 Å². The lowest BCUT2D eigenvalue weighted by Gasteiger charge is -1.94. The van der Waals surface area contributed by atoms with Gasteiger partial charge in [0.05, 0.1) is 6.21 Å². The van der Waals surface area contributed by atoms with Crippen molar-refractivity contribution in [2.24, 2.45) is 10.8 Å². The number of nitrogens with two attached hydrogens (primary N) is 1. The van der Waals surface area contributed by atoms with Gasteiger partial charge in [-0.05, 0) is 17.7 Å². The average Bonchev–Trinajstić information content (AvgIpc) is 2.08. The molecule has 1 rings (SSSR count). The minimum absolute atomic E-state index is 0. The van der Waals surface area contributed by atoms with Crippen LogP contribution in [0.2, 0.25) is 0 Å². The van der Waals surface area contributed by atoms with E-state index in [4.69, 9.17) is 11.1 Å². The maximum absolute atomic E-state index is 12.4. The normalized spacial score (nSPS) is 9.50. The summed E-state index contributed by atoms with van der Waals surface area (Å²) in [6.45, 7) is 0. The standard InChI is InChI=1S/C8H9FN4.ClH/c9-7-3-1-6(2-4-7)5-12-13-8(10)11;/h1-5H,(H4,10,11,13);1H/b12-5+;. The number of hydrogen-bond acceptors (Lipinski definition) is 2. The fourth-order valence-electron chi connectivity index (χ4n) is 0.725. The monoisotopic (exact) mass is 216 g/mol. The van der Waals surface area contributed by atoms with Gasteiger partial charge in [0.1, 0.15) is 5.82 Å². The van der Waals surface area contributed by atoms with Crippen molar-refractivity contribution < 1.29 is 4.39 Å². The zero-order valence-corrected chi connectivity index (χ0v) is 8.01. The summed E-state index contributed by atoms with van der Waals surface area (Å²) in [6, 6.07) is 5.80. The van der Waals surface area contributed by atoms with E-state index in [0.717, 1.165) is 5.56 Å². The van der Waals surface area contributed by atoms with E-state index in [9.17, 15) is 4.39 Å². The van der Waals surface area contributed by atoms with Crippen molar-refractivity contribution in [2.75, 3.05) is 0 Å². The highest BCUT2D eigenvalue weighted by Gasteiger charge is 1.88. The van der Waals surface area contributed by atoms with Crippen molar-refractivity contribution in [3.63, 3.8) is 0 Å². The molecule has 0 saturated carbocycles. The minimum Gasteiger partial charge on any atom is -0.369 e. The Labute approximate surface area is 86.9 Å². The SMILES string of the molecule is Cl.N=C(N)N/N=C/c1ccc(F)cc1. The van der Waals surface area contributed by atoms with Crippen LogP contribution in [0.25, 0.3) is 0 Å². The molecule has 0 amide bonds. The molecule has 0 radical (unpaired) electrons. The van der Waals surface area contributed by atoms with Crippen LogP contribution in [0.4, 0.5) is 4.39 Å². The molecule has 0 heterocycles. The molecule has 1 aromatic carbocycles. The molecule has 76 valence electrons. The molecule has 0 aromatic heterocycles. The number of nitrogens with one attached hydrogen (secondary N) is 2. The number of hydrogen-bond donors (Lipinski definition) is 3. The van der Waals surface area contributed by atoms with Crippen molar-refractivity contribution >= 4 is 24.6 Å². The lowest BCUT2D eigenvalue weighted by atomic mass is 10.2. The predicted octanol–water partition coefficient (Wildman–Crippen LogP) is 1.06. The van der Waals surface area contributed by atoms with Gasteiger partial charge in [0.25, 0.3) is 0 Å². The molecule has 6 heteroatoms. The molecule has 14 heavy (non-hydrogen) atoms. The molecule has 0 aliphatic heterocycles. The summed E-state index contributed by atoms with van der Waals surface area (Å²) in [5.74, 6) is -0.532. The third-order valence-corrected chi connectivity index (χ3v) is 1.27. The van der Waals surface area contributed by atoms with Crippen molar-refractivity contribution in [2.45, 2.75) is 0 Å². The van der Waals surface area contributed by atoms with Gasteiger partial charge in [-0.15, -0.1) is 12.4 Å². The Morgan fingerprint density at radius 3 is 2.50 bits per heavy atom. The Hall–Kier alpha value is -1.62. The zero-order chi connectivity index (χ0) is 9.68. The van der Waals surface area contributed by atoms with E-state index < -0.39 is 0 Å². The first-order chi connectivity index (χ1) is 6.18. The van der Waals surface area contributed by atoms with Gasteiger partial charge in [0.15, 0.2) is 0 Å². The molecular formula is C8H10ClFN4. The molecular weight excluding hydrogens is 207 g/mol. The van der Waals surface area contributed by atoms with Crippen LogP contribution >= 0.6 is 12.4 Å². The third-order valence-electron chi connectivity index (χ3n) is 1.27. The van der Waals surface area contributed by atoms with Crippen molar-refractivity contribution in [1.29, 1.82) is 5.41 Å². The van der Waals surface area contributed by atoms with Crippen LogP contribution in [0.5, 0.6) is 0 Å². The van der Waals surface area contributed by atoms with E-state index in [-0.39, 0.29) is 24.2 Å². The van der Waals surface area contributed by atoms with Gasteiger partial charge in [-0.1, -0.05) is 12.1 Å². The summed E-state index contributed by atoms with van der Waals surface area (Å²) in [6.07, 6.45) is 1.45. The fraction of sp³-hybridized carbons (Fsp3) is 0. The topological polar surface area (TPSA) is 74.3 Å². The summed E-state index contributed by atoms with van der Waals surface area (Å²) < 4.78 is 12.4. The van der Waals surface area contributed by atoms with Gasteiger partial charge in [0, 0.05) is 0 Å². The van der Waals surface area contributed by atoms with Crippen molar-refractivity contribution in [1.82, 2.24) is 5.43 Å². The van der Waals surface area contributed by atoms with Gasteiger partial charge in [-0.25, -0.2) is 9.82 Å². The number of halogens is 2. The average molecular weight is 217 g/mol.